The minimum Gasteiger partial charge on any atom is -0.489 e. The molecule has 2 heterocycles. The third-order valence-corrected chi connectivity index (χ3v) is 7.49. The number of ether oxygens (including phenoxy) is 3. The van der Waals surface area contributed by atoms with Gasteiger partial charge in [-0.2, -0.15) is 5.26 Å². The Bertz CT molecular complexity index is 1660. The Morgan fingerprint density at radius 1 is 1.00 bits per heavy atom. The average molecular weight is 562 g/mol. The number of hydrogen-bond acceptors (Lipinski definition) is 7. The first kappa shape index (κ1) is 27.3. The summed E-state index contributed by atoms with van der Waals surface area (Å²) < 4.78 is 17.7. The molecule has 0 atom stereocenters. The van der Waals surface area contributed by atoms with Crippen molar-refractivity contribution in [1.29, 1.82) is 5.26 Å². The van der Waals surface area contributed by atoms with Crippen LogP contribution in [0.4, 0.5) is 5.69 Å². The summed E-state index contributed by atoms with van der Waals surface area (Å²) >= 11 is 0. The van der Waals surface area contributed by atoms with Gasteiger partial charge < -0.3 is 29.5 Å². The Hall–Kier alpha value is -4.84. The fourth-order valence-electron chi connectivity index (χ4n) is 5.44. The number of anilines is 1. The molecular formula is C34H31N3O5. The lowest BCUT2D eigenvalue weighted by atomic mass is 9.97. The first-order valence-corrected chi connectivity index (χ1v) is 14.0. The Morgan fingerprint density at radius 2 is 1.86 bits per heavy atom. The van der Waals surface area contributed by atoms with E-state index < -0.39 is 0 Å². The van der Waals surface area contributed by atoms with E-state index >= 15 is 0 Å². The van der Waals surface area contributed by atoms with E-state index in [0.717, 1.165) is 51.4 Å². The molecule has 212 valence electrons. The molecule has 2 aliphatic rings. The minimum atomic E-state index is -0.0979. The van der Waals surface area contributed by atoms with Crippen LogP contribution in [0.3, 0.4) is 0 Å². The Balaban J connectivity index is 1.26. The van der Waals surface area contributed by atoms with Gasteiger partial charge in [-0.3, -0.25) is 4.79 Å². The SMILES string of the molecule is N#Cc1cccc(COc2cc(C(=O)N3CCc4c(-c5ccc6c(c5)OCCO6)cccc43)ccc2CNCCO)c1. The van der Waals surface area contributed by atoms with Crippen molar-refractivity contribution in [2.45, 2.75) is 19.6 Å². The number of benzene rings is 4. The van der Waals surface area contributed by atoms with E-state index in [1.165, 1.54) is 0 Å². The highest BCUT2D eigenvalue weighted by Gasteiger charge is 2.28. The zero-order valence-electron chi connectivity index (χ0n) is 23.1. The Morgan fingerprint density at radius 3 is 2.71 bits per heavy atom. The number of carbonyl (C=O) groups is 1. The quantitative estimate of drug-likeness (QED) is 0.281. The van der Waals surface area contributed by atoms with E-state index in [1.54, 1.807) is 18.2 Å². The fourth-order valence-corrected chi connectivity index (χ4v) is 5.44. The highest BCUT2D eigenvalue weighted by atomic mass is 16.6. The molecule has 2 N–H and O–H groups in total. The zero-order chi connectivity index (χ0) is 28.9. The highest BCUT2D eigenvalue weighted by molar-refractivity contribution is 6.08. The van der Waals surface area contributed by atoms with E-state index in [1.807, 2.05) is 59.5 Å². The van der Waals surface area contributed by atoms with Crippen LogP contribution in [0.25, 0.3) is 11.1 Å². The van der Waals surface area contributed by atoms with E-state index in [-0.39, 0.29) is 19.1 Å². The van der Waals surface area contributed by atoms with E-state index in [4.69, 9.17) is 14.2 Å². The van der Waals surface area contributed by atoms with Crippen molar-refractivity contribution in [2.24, 2.45) is 0 Å². The second-order valence-corrected chi connectivity index (χ2v) is 10.2. The predicted octanol–water partition coefficient (Wildman–Crippen LogP) is 4.86. The molecule has 8 heteroatoms. The van der Waals surface area contributed by atoms with Gasteiger partial charge in [0.05, 0.1) is 18.2 Å². The number of carbonyl (C=O) groups excluding carboxylic acids is 1. The van der Waals surface area contributed by atoms with Crippen molar-refractivity contribution in [3.05, 3.63) is 107 Å². The second kappa shape index (κ2) is 12.4. The van der Waals surface area contributed by atoms with Gasteiger partial charge in [0.1, 0.15) is 25.6 Å². The molecule has 0 spiro atoms. The van der Waals surface area contributed by atoms with Crippen LogP contribution in [0.15, 0.2) is 78.9 Å². The summed E-state index contributed by atoms with van der Waals surface area (Å²) in [7, 11) is 0. The van der Waals surface area contributed by atoms with Gasteiger partial charge in [-0.05, 0) is 71.1 Å². The van der Waals surface area contributed by atoms with Gasteiger partial charge in [-0.1, -0.05) is 36.4 Å². The van der Waals surface area contributed by atoms with Gasteiger partial charge in [-0.15, -0.1) is 0 Å². The lowest BCUT2D eigenvalue weighted by Crippen LogP contribution is -2.29. The number of nitriles is 1. The lowest BCUT2D eigenvalue weighted by Gasteiger charge is -2.21. The van der Waals surface area contributed by atoms with Crippen LogP contribution in [0.1, 0.15) is 32.6 Å². The molecule has 42 heavy (non-hydrogen) atoms. The molecule has 0 aromatic heterocycles. The molecule has 4 aromatic rings. The summed E-state index contributed by atoms with van der Waals surface area (Å²) in [6, 6.07) is 27.0. The summed E-state index contributed by atoms with van der Waals surface area (Å²) in [4.78, 5) is 15.7. The number of rotatable bonds is 9. The molecule has 8 nitrogen and oxygen atoms in total. The van der Waals surface area contributed by atoms with Crippen molar-refractivity contribution in [2.75, 3.05) is 37.8 Å². The molecule has 0 saturated carbocycles. The van der Waals surface area contributed by atoms with Crippen LogP contribution in [0, 0.1) is 11.3 Å². The van der Waals surface area contributed by atoms with Crippen LogP contribution >= 0.6 is 0 Å². The van der Waals surface area contributed by atoms with E-state index in [2.05, 4.69) is 17.5 Å². The topological polar surface area (TPSA) is 104 Å². The molecule has 0 radical (unpaired) electrons. The molecule has 0 bridgehead atoms. The third kappa shape index (κ3) is 5.66. The van der Waals surface area contributed by atoms with Gasteiger partial charge in [0.25, 0.3) is 5.91 Å². The maximum absolute atomic E-state index is 13.9. The third-order valence-electron chi connectivity index (χ3n) is 7.49. The van der Waals surface area contributed by atoms with E-state index in [9.17, 15) is 15.2 Å². The van der Waals surface area contributed by atoms with E-state index in [0.29, 0.717) is 49.7 Å². The summed E-state index contributed by atoms with van der Waals surface area (Å²) in [6.45, 7) is 2.86. The van der Waals surface area contributed by atoms with Crippen LogP contribution in [-0.4, -0.2) is 43.9 Å². The summed E-state index contributed by atoms with van der Waals surface area (Å²) in [5.74, 6) is 1.97. The molecule has 2 aliphatic heterocycles. The molecule has 4 aromatic carbocycles. The summed E-state index contributed by atoms with van der Waals surface area (Å²) in [5.41, 5.74) is 6.96. The normalized spacial score (nSPS) is 13.4. The van der Waals surface area contributed by atoms with Gasteiger partial charge in [0.2, 0.25) is 0 Å². The molecule has 0 saturated heterocycles. The van der Waals surface area contributed by atoms with Gasteiger partial charge in [-0.25, -0.2) is 0 Å². The van der Waals surface area contributed by atoms with Crippen LogP contribution in [0.2, 0.25) is 0 Å². The molecular weight excluding hydrogens is 530 g/mol. The average Bonchev–Trinajstić information content (AvgIpc) is 3.48. The number of hydrogen-bond donors (Lipinski definition) is 2. The van der Waals surface area contributed by atoms with Crippen LogP contribution in [0.5, 0.6) is 17.2 Å². The van der Waals surface area contributed by atoms with Crippen molar-refractivity contribution < 1.29 is 24.1 Å². The van der Waals surface area contributed by atoms with Crippen LogP contribution in [-0.2, 0) is 19.6 Å². The largest absolute Gasteiger partial charge is 0.489 e. The molecule has 6 rings (SSSR count). The van der Waals surface area contributed by atoms with Gasteiger partial charge in [0.15, 0.2) is 11.5 Å². The van der Waals surface area contributed by atoms with Crippen molar-refractivity contribution in [3.63, 3.8) is 0 Å². The standard InChI is InChI=1S/C34H31N3O5/c35-20-23-3-1-4-24(17-23)22-42-32-19-26(7-8-27(32)21-36-12-14-38)34(39)37-13-11-29-28(5-2-6-30(29)37)25-9-10-31-33(18-25)41-16-15-40-31/h1-10,17-19,36,38H,11-16,21-22H2. The molecule has 0 unspecified atom stereocenters. The number of fused-ring (bicyclic) bond motifs is 2. The first-order valence-electron chi connectivity index (χ1n) is 14.0. The van der Waals surface area contributed by atoms with Crippen molar-refractivity contribution in [1.82, 2.24) is 5.32 Å². The summed E-state index contributed by atoms with van der Waals surface area (Å²) in [5, 5.41) is 21.6. The number of aliphatic hydroxyl groups is 1. The predicted molar refractivity (Wildman–Crippen MR) is 159 cm³/mol. The number of aliphatic hydroxyl groups excluding tert-OH is 1. The Kier molecular flexibility index (Phi) is 8.04. The molecule has 0 fully saturated rings. The minimum absolute atomic E-state index is 0.0241. The van der Waals surface area contributed by atoms with Gasteiger partial charge >= 0.3 is 0 Å². The maximum Gasteiger partial charge on any atom is 0.258 e. The fraction of sp³-hybridized carbons (Fsp3) is 0.235. The van der Waals surface area contributed by atoms with Crippen LogP contribution < -0.4 is 24.4 Å². The lowest BCUT2D eigenvalue weighted by molar-refractivity contribution is 0.0989. The van der Waals surface area contributed by atoms with Crippen molar-refractivity contribution in [3.8, 4) is 34.4 Å². The van der Waals surface area contributed by atoms with Crippen molar-refractivity contribution >= 4 is 11.6 Å². The second-order valence-electron chi connectivity index (χ2n) is 10.2. The molecule has 0 aliphatic carbocycles. The Labute approximate surface area is 244 Å². The highest BCUT2D eigenvalue weighted by Crippen LogP contribution is 2.40. The summed E-state index contributed by atoms with van der Waals surface area (Å²) in [6.07, 6.45) is 0.743. The maximum atomic E-state index is 13.9. The number of amides is 1. The molecule has 1 amide bonds. The smallest absolute Gasteiger partial charge is 0.258 e. The monoisotopic (exact) mass is 561 g/mol. The first-order chi connectivity index (χ1) is 20.6. The number of nitrogens with zero attached hydrogens (tertiary/aromatic N) is 2. The number of nitrogens with one attached hydrogen (secondary N) is 1. The van der Waals surface area contributed by atoms with Gasteiger partial charge in [0, 0.05) is 36.4 Å². The zero-order valence-corrected chi connectivity index (χ0v) is 23.1.